The van der Waals surface area contributed by atoms with Crippen LogP contribution in [0.5, 0.6) is 11.5 Å². The second-order valence-corrected chi connectivity index (χ2v) is 9.86. The molecule has 184 valence electrons. The highest BCUT2D eigenvalue weighted by Crippen LogP contribution is 2.41. The molecule has 0 bridgehead atoms. The SMILES string of the molecule is COc1cc(N2CCCC2)c(OC)cc1/C=C1\SC(=Nc2ccccc2)N(C[C@@H]2CCCO2)C1=O. The van der Waals surface area contributed by atoms with Gasteiger partial charge in [-0.3, -0.25) is 9.69 Å². The van der Waals surface area contributed by atoms with Crippen molar-refractivity contribution in [3.8, 4) is 11.5 Å². The highest BCUT2D eigenvalue weighted by molar-refractivity contribution is 8.18. The van der Waals surface area contributed by atoms with Gasteiger partial charge >= 0.3 is 0 Å². The van der Waals surface area contributed by atoms with Gasteiger partial charge in [0.1, 0.15) is 11.5 Å². The van der Waals surface area contributed by atoms with E-state index >= 15 is 0 Å². The summed E-state index contributed by atoms with van der Waals surface area (Å²) in [7, 11) is 3.34. The number of carbonyl (C=O) groups is 1. The third-order valence-electron chi connectivity index (χ3n) is 6.54. The molecular weight excluding hydrogens is 462 g/mol. The lowest BCUT2D eigenvalue weighted by Crippen LogP contribution is -2.36. The monoisotopic (exact) mass is 493 g/mol. The Morgan fingerprint density at radius 1 is 1.09 bits per heavy atom. The van der Waals surface area contributed by atoms with E-state index in [0.29, 0.717) is 22.4 Å². The molecule has 2 aromatic rings. The fourth-order valence-corrected chi connectivity index (χ4v) is 5.72. The number of amides is 1. The van der Waals surface area contributed by atoms with Gasteiger partial charge in [0.05, 0.1) is 43.1 Å². The fourth-order valence-electron chi connectivity index (χ4n) is 4.72. The maximum Gasteiger partial charge on any atom is 0.266 e. The topological polar surface area (TPSA) is 63.6 Å². The van der Waals surface area contributed by atoms with Gasteiger partial charge in [0.25, 0.3) is 5.91 Å². The molecule has 0 unspecified atom stereocenters. The van der Waals surface area contributed by atoms with Crippen molar-refractivity contribution in [3.63, 3.8) is 0 Å². The first-order chi connectivity index (χ1) is 17.2. The van der Waals surface area contributed by atoms with Crippen molar-refractivity contribution in [1.29, 1.82) is 0 Å². The molecule has 3 saturated heterocycles. The van der Waals surface area contributed by atoms with Crippen LogP contribution >= 0.6 is 11.8 Å². The lowest BCUT2D eigenvalue weighted by Gasteiger charge is -2.22. The van der Waals surface area contributed by atoms with E-state index in [0.717, 1.165) is 55.2 Å². The molecule has 35 heavy (non-hydrogen) atoms. The second kappa shape index (κ2) is 10.7. The second-order valence-electron chi connectivity index (χ2n) is 8.85. The van der Waals surface area contributed by atoms with E-state index in [9.17, 15) is 4.79 Å². The minimum Gasteiger partial charge on any atom is -0.496 e. The first kappa shape index (κ1) is 23.8. The zero-order chi connectivity index (χ0) is 24.2. The van der Waals surface area contributed by atoms with Gasteiger partial charge in [-0.1, -0.05) is 18.2 Å². The Labute approximate surface area is 210 Å². The van der Waals surface area contributed by atoms with Crippen molar-refractivity contribution in [2.24, 2.45) is 4.99 Å². The average Bonchev–Trinajstić information content (AvgIpc) is 3.65. The quantitative estimate of drug-likeness (QED) is 0.501. The van der Waals surface area contributed by atoms with Gasteiger partial charge < -0.3 is 19.1 Å². The number of benzene rings is 2. The Kier molecular flexibility index (Phi) is 7.29. The van der Waals surface area contributed by atoms with Crippen LogP contribution in [0.25, 0.3) is 6.08 Å². The van der Waals surface area contributed by atoms with Crippen LogP contribution in [-0.4, -0.2) is 62.5 Å². The van der Waals surface area contributed by atoms with Crippen LogP contribution in [0.4, 0.5) is 11.4 Å². The number of amidine groups is 1. The van der Waals surface area contributed by atoms with E-state index in [-0.39, 0.29) is 12.0 Å². The largest absolute Gasteiger partial charge is 0.496 e. The lowest BCUT2D eigenvalue weighted by molar-refractivity contribution is -0.123. The van der Waals surface area contributed by atoms with E-state index < -0.39 is 0 Å². The summed E-state index contributed by atoms with van der Waals surface area (Å²) in [6.07, 6.45) is 6.24. The van der Waals surface area contributed by atoms with Gasteiger partial charge in [0, 0.05) is 31.3 Å². The Morgan fingerprint density at radius 2 is 1.86 bits per heavy atom. The number of ether oxygens (including phenoxy) is 3. The predicted octanol–water partition coefficient (Wildman–Crippen LogP) is 5.09. The maximum atomic E-state index is 13.5. The highest BCUT2D eigenvalue weighted by Gasteiger charge is 2.36. The standard InChI is InChI=1S/C27H31N3O4S/c1-32-23-17-22(29-12-6-7-13-29)24(33-2)15-19(23)16-25-26(31)30(18-21-11-8-14-34-21)27(35-25)28-20-9-4-3-5-10-20/h3-5,9-10,15-17,21H,6-8,11-14,18H2,1-2H3/b25-16-,28-27?/t21-/m0/s1. The number of carbonyl (C=O) groups excluding carboxylic acids is 1. The smallest absolute Gasteiger partial charge is 0.266 e. The molecule has 5 rings (SSSR count). The predicted molar refractivity (Wildman–Crippen MR) is 141 cm³/mol. The molecule has 1 atom stereocenters. The Bertz CT molecular complexity index is 1120. The summed E-state index contributed by atoms with van der Waals surface area (Å²) in [4.78, 5) is 23.0. The van der Waals surface area contributed by atoms with Gasteiger partial charge in [-0.05, 0) is 61.7 Å². The van der Waals surface area contributed by atoms with Crippen LogP contribution in [-0.2, 0) is 9.53 Å². The van der Waals surface area contributed by atoms with E-state index in [2.05, 4.69) is 4.90 Å². The fraction of sp³-hybridized carbons (Fsp3) is 0.407. The van der Waals surface area contributed by atoms with E-state index in [1.807, 2.05) is 48.5 Å². The summed E-state index contributed by atoms with van der Waals surface area (Å²) in [5.41, 5.74) is 2.65. The maximum absolute atomic E-state index is 13.5. The first-order valence-electron chi connectivity index (χ1n) is 12.1. The summed E-state index contributed by atoms with van der Waals surface area (Å²) >= 11 is 1.39. The third kappa shape index (κ3) is 5.18. The number of aliphatic imine (C=N–C) groups is 1. The number of nitrogens with zero attached hydrogens (tertiary/aromatic N) is 3. The first-order valence-corrected chi connectivity index (χ1v) is 13.0. The minimum atomic E-state index is -0.0650. The number of thioether (sulfide) groups is 1. The highest BCUT2D eigenvalue weighted by atomic mass is 32.2. The van der Waals surface area contributed by atoms with Crippen molar-refractivity contribution in [2.45, 2.75) is 31.8 Å². The molecule has 7 nitrogen and oxygen atoms in total. The number of para-hydroxylation sites is 1. The van der Waals surface area contributed by atoms with Crippen molar-refractivity contribution in [3.05, 3.63) is 52.9 Å². The molecule has 0 N–H and O–H groups in total. The number of hydrogen-bond donors (Lipinski definition) is 0. The summed E-state index contributed by atoms with van der Waals surface area (Å²) in [6, 6.07) is 13.7. The molecule has 2 aromatic carbocycles. The Balaban J connectivity index is 1.49. The van der Waals surface area contributed by atoms with Gasteiger partial charge in [-0.2, -0.15) is 0 Å². The summed E-state index contributed by atoms with van der Waals surface area (Å²) < 4.78 is 17.3. The van der Waals surface area contributed by atoms with Crippen molar-refractivity contribution in [1.82, 2.24) is 4.90 Å². The van der Waals surface area contributed by atoms with E-state index in [1.54, 1.807) is 19.1 Å². The molecule has 0 aromatic heterocycles. The molecule has 3 aliphatic heterocycles. The third-order valence-corrected chi connectivity index (χ3v) is 7.55. The molecule has 0 radical (unpaired) electrons. The lowest BCUT2D eigenvalue weighted by atomic mass is 10.1. The molecule has 1 amide bonds. The molecule has 0 saturated carbocycles. The number of hydrogen-bond acceptors (Lipinski definition) is 7. The Morgan fingerprint density at radius 3 is 2.54 bits per heavy atom. The van der Waals surface area contributed by atoms with Crippen LogP contribution < -0.4 is 14.4 Å². The molecule has 8 heteroatoms. The van der Waals surface area contributed by atoms with Gasteiger partial charge in [0.2, 0.25) is 0 Å². The Hall–Kier alpha value is -2.97. The average molecular weight is 494 g/mol. The van der Waals surface area contributed by atoms with Crippen molar-refractivity contribution in [2.75, 3.05) is 45.4 Å². The summed E-state index contributed by atoms with van der Waals surface area (Å²) in [5, 5.41) is 0.669. The van der Waals surface area contributed by atoms with Crippen LogP contribution in [0.3, 0.4) is 0 Å². The summed E-state index contributed by atoms with van der Waals surface area (Å²) in [5.74, 6) is 1.43. The molecular formula is C27H31N3O4S. The van der Waals surface area contributed by atoms with Gasteiger partial charge in [0.15, 0.2) is 5.17 Å². The van der Waals surface area contributed by atoms with Crippen LogP contribution in [0, 0.1) is 0 Å². The zero-order valence-corrected chi connectivity index (χ0v) is 21.1. The van der Waals surface area contributed by atoms with E-state index in [1.165, 1.54) is 24.6 Å². The van der Waals surface area contributed by atoms with Crippen LogP contribution in [0.15, 0.2) is 52.4 Å². The molecule has 0 aliphatic carbocycles. The molecule has 3 aliphatic rings. The van der Waals surface area contributed by atoms with Crippen LogP contribution in [0.1, 0.15) is 31.2 Å². The zero-order valence-electron chi connectivity index (χ0n) is 20.2. The van der Waals surface area contributed by atoms with Crippen molar-refractivity contribution >= 4 is 40.3 Å². The number of anilines is 1. The molecule has 3 heterocycles. The van der Waals surface area contributed by atoms with Crippen LogP contribution in [0.2, 0.25) is 0 Å². The number of methoxy groups -OCH3 is 2. The van der Waals surface area contributed by atoms with Gasteiger partial charge in [-0.15, -0.1) is 0 Å². The van der Waals surface area contributed by atoms with Crippen molar-refractivity contribution < 1.29 is 19.0 Å². The molecule has 0 spiro atoms. The normalized spacial score (nSPS) is 22.6. The number of rotatable bonds is 7. The minimum absolute atomic E-state index is 0.0363. The van der Waals surface area contributed by atoms with Gasteiger partial charge in [-0.25, -0.2) is 4.99 Å². The van der Waals surface area contributed by atoms with E-state index in [4.69, 9.17) is 19.2 Å². The summed E-state index contributed by atoms with van der Waals surface area (Å²) in [6.45, 7) is 3.26. The molecule has 3 fully saturated rings.